The van der Waals surface area contributed by atoms with E-state index in [1.165, 1.54) is 12.8 Å². The minimum Gasteiger partial charge on any atom is -0.343 e. The number of likely N-dealkylation sites (tertiary alicyclic amines) is 2. The minimum atomic E-state index is 0.264. The number of hydrogen-bond acceptors (Lipinski definition) is 3. The molecule has 0 aromatic rings. The van der Waals surface area contributed by atoms with Crippen molar-refractivity contribution >= 4 is 11.8 Å². The van der Waals surface area contributed by atoms with E-state index in [0.29, 0.717) is 24.8 Å². The fraction of sp³-hybridized carbons (Fsp3) is 0.889. The predicted molar refractivity (Wildman–Crippen MR) is 92.1 cm³/mol. The van der Waals surface area contributed by atoms with Crippen LogP contribution in [0.5, 0.6) is 0 Å². The third kappa shape index (κ3) is 4.93. The van der Waals surface area contributed by atoms with Gasteiger partial charge in [0.05, 0.1) is 0 Å². The molecule has 2 heterocycles. The first kappa shape index (κ1) is 18.2. The Morgan fingerprint density at radius 1 is 1.26 bits per heavy atom. The zero-order valence-electron chi connectivity index (χ0n) is 15.1. The van der Waals surface area contributed by atoms with Crippen LogP contribution < -0.4 is 0 Å². The molecule has 2 aliphatic heterocycles. The molecular formula is C18H33N3O2. The van der Waals surface area contributed by atoms with Crippen LogP contribution in [0.15, 0.2) is 0 Å². The van der Waals surface area contributed by atoms with Crippen LogP contribution in [0, 0.1) is 5.92 Å². The van der Waals surface area contributed by atoms with Crippen LogP contribution in [0.25, 0.3) is 0 Å². The number of hydrogen-bond donors (Lipinski definition) is 0. The zero-order valence-corrected chi connectivity index (χ0v) is 15.1. The highest BCUT2D eigenvalue weighted by Crippen LogP contribution is 2.25. The molecule has 132 valence electrons. The van der Waals surface area contributed by atoms with Gasteiger partial charge in [-0.05, 0) is 45.7 Å². The molecule has 23 heavy (non-hydrogen) atoms. The van der Waals surface area contributed by atoms with Crippen LogP contribution in [-0.2, 0) is 9.59 Å². The number of nitrogens with zero attached hydrogens (tertiary/aromatic N) is 3. The predicted octanol–water partition coefficient (Wildman–Crippen LogP) is 1.97. The molecule has 0 N–H and O–H groups in total. The van der Waals surface area contributed by atoms with Gasteiger partial charge in [0, 0.05) is 45.1 Å². The molecule has 0 radical (unpaired) electrons. The molecule has 5 heteroatoms. The zero-order chi connectivity index (χ0) is 16.8. The van der Waals surface area contributed by atoms with Crippen LogP contribution in [0.2, 0.25) is 0 Å². The average Bonchev–Trinajstić information content (AvgIpc) is 2.94. The summed E-state index contributed by atoms with van der Waals surface area (Å²) in [6.07, 6.45) is 6.54. The van der Waals surface area contributed by atoms with E-state index in [1.54, 1.807) is 0 Å². The standard InChI is InChI=1S/C18H33N3O2/c1-4-8-15-13-21(14-16(15)19(2)3)18(23)10-7-12-20-11-6-5-9-17(20)22/h15-16H,4-14H2,1-3H3/t15-,16-/m0/s1. The van der Waals surface area contributed by atoms with Gasteiger partial charge in [-0.25, -0.2) is 0 Å². The summed E-state index contributed by atoms with van der Waals surface area (Å²) in [6.45, 7) is 5.59. The summed E-state index contributed by atoms with van der Waals surface area (Å²) in [5.74, 6) is 1.13. The van der Waals surface area contributed by atoms with Gasteiger partial charge in [0.15, 0.2) is 0 Å². The fourth-order valence-electron chi connectivity index (χ4n) is 3.97. The molecule has 0 aromatic carbocycles. The maximum absolute atomic E-state index is 12.5. The van der Waals surface area contributed by atoms with E-state index < -0.39 is 0 Å². The molecule has 2 atom stereocenters. The summed E-state index contributed by atoms with van der Waals surface area (Å²) < 4.78 is 0. The van der Waals surface area contributed by atoms with E-state index in [1.807, 2.05) is 9.80 Å². The normalized spacial score (nSPS) is 25.5. The highest BCUT2D eigenvalue weighted by molar-refractivity contribution is 5.78. The first-order valence-electron chi connectivity index (χ1n) is 9.25. The van der Waals surface area contributed by atoms with Gasteiger partial charge in [-0.3, -0.25) is 9.59 Å². The van der Waals surface area contributed by atoms with Crippen molar-refractivity contribution in [2.24, 2.45) is 5.92 Å². The van der Waals surface area contributed by atoms with Crippen molar-refractivity contribution in [1.29, 1.82) is 0 Å². The van der Waals surface area contributed by atoms with Gasteiger partial charge in [-0.1, -0.05) is 13.3 Å². The Hall–Kier alpha value is -1.10. The van der Waals surface area contributed by atoms with E-state index in [0.717, 1.165) is 45.4 Å². The van der Waals surface area contributed by atoms with Gasteiger partial charge < -0.3 is 14.7 Å². The molecular weight excluding hydrogens is 290 g/mol. The molecule has 2 fully saturated rings. The molecule has 0 aliphatic carbocycles. The van der Waals surface area contributed by atoms with Crippen LogP contribution in [0.3, 0.4) is 0 Å². The van der Waals surface area contributed by atoms with Gasteiger partial charge in [0.2, 0.25) is 11.8 Å². The second-order valence-corrected chi connectivity index (χ2v) is 7.32. The molecule has 2 rings (SSSR count). The lowest BCUT2D eigenvalue weighted by molar-refractivity contribution is -0.135. The molecule has 0 bridgehead atoms. The van der Waals surface area contributed by atoms with E-state index in [2.05, 4.69) is 25.9 Å². The first-order chi connectivity index (χ1) is 11.0. The monoisotopic (exact) mass is 323 g/mol. The Morgan fingerprint density at radius 2 is 2.04 bits per heavy atom. The Labute approximate surface area is 141 Å². The molecule has 0 unspecified atom stereocenters. The number of rotatable bonds is 7. The van der Waals surface area contributed by atoms with E-state index in [9.17, 15) is 9.59 Å². The summed E-state index contributed by atoms with van der Waals surface area (Å²) in [5.41, 5.74) is 0. The van der Waals surface area contributed by atoms with E-state index in [4.69, 9.17) is 0 Å². The van der Waals surface area contributed by atoms with Crippen LogP contribution in [0.4, 0.5) is 0 Å². The van der Waals surface area contributed by atoms with Gasteiger partial charge in [-0.2, -0.15) is 0 Å². The summed E-state index contributed by atoms with van der Waals surface area (Å²) in [4.78, 5) is 30.5. The van der Waals surface area contributed by atoms with Crippen molar-refractivity contribution in [1.82, 2.24) is 14.7 Å². The van der Waals surface area contributed by atoms with Gasteiger partial charge in [-0.15, -0.1) is 0 Å². The molecule has 2 saturated heterocycles. The van der Waals surface area contributed by atoms with E-state index in [-0.39, 0.29) is 11.8 Å². The molecule has 0 saturated carbocycles. The number of likely N-dealkylation sites (N-methyl/N-ethyl adjacent to an activating group) is 1. The lowest BCUT2D eigenvalue weighted by Crippen LogP contribution is -2.37. The van der Waals surface area contributed by atoms with Crippen molar-refractivity contribution in [3.05, 3.63) is 0 Å². The Bertz CT molecular complexity index is 411. The smallest absolute Gasteiger partial charge is 0.222 e. The molecule has 0 aromatic heterocycles. The maximum atomic E-state index is 12.5. The van der Waals surface area contributed by atoms with Gasteiger partial charge in [0.25, 0.3) is 0 Å². The van der Waals surface area contributed by atoms with E-state index >= 15 is 0 Å². The third-order valence-corrected chi connectivity index (χ3v) is 5.32. The molecule has 2 aliphatic rings. The number of carbonyl (C=O) groups excluding carboxylic acids is 2. The topological polar surface area (TPSA) is 43.9 Å². The highest BCUT2D eigenvalue weighted by atomic mass is 16.2. The van der Waals surface area contributed by atoms with Crippen molar-refractivity contribution in [2.75, 3.05) is 40.3 Å². The number of piperidine rings is 1. The molecule has 5 nitrogen and oxygen atoms in total. The lowest BCUT2D eigenvalue weighted by atomic mass is 9.98. The van der Waals surface area contributed by atoms with Gasteiger partial charge >= 0.3 is 0 Å². The van der Waals surface area contributed by atoms with Crippen molar-refractivity contribution in [3.63, 3.8) is 0 Å². The van der Waals surface area contributed by atoms with Crippen LogP contribution >= 0.6 is 0 Å². The molecule has 0 spiro atoms. The number of amides is 2. The number of carbonyl (C=O) groups is 2. The average molecular weight is 323 g/mol. The molecule has 2 amide bonds. The SMILES string of the molecule is CCC[C@H]1CN(C(=O)CCCN2CCCCC2=O)C[C@@H]1N(C)C. The van der Waals surface area contributed by atoms with Crippen molar-refractivity contribution in [2.45, 2.75) is 57.9 Å². The van der Waals surface area contributed by atoms with Crippen LogP contribution in [-0.4, -0.2) is 72.8 Å². The van der Waals surface area contributed by atoms with Gasteiger partial charge in [0.1, 0.15) is 0 Å². The summed E-state index contributed by atoms with van der Waals surface area (Å²) in [5, 5.41) is 0. The summed E-state index contributed by atoms with van der Waals surface area (Å²) >= 11 is 0. The third-order valence-electron chi connectivity index (χ3n) is 5.32. The summed E-state index contributed by atoms with van der Waals surface area (Å²) in [7, 11) is 4.23. The van der Waals surface area contributed by atoms with Crippen molar-refractivity contribution in [3.8, 4) is 0 Å². The Kier molecular flexibility index (Phi) is 6.88. The second kappa shape index (κ2) is 8.67. The highest BCUT2D eigenvalue weighted by Gasteiger charge is 2.35. The first-order valence-corrected chi connectivity index (χ1v) is 9.25. The second-order valence-electron chi connectivity index (χ2n) is 7.32. The van der Waals surface area contributed by atoms with Crippen LogP contribution in [0.1, 0.15) is 51.9 Å². The summed E-state index contributed by atoms with van der Waals surface area (Å²) in [6, 6.07) is 0.488. The largest absolute Gasteiger partial charge is 0.343 e. The minimum absolute atomic E-state index is 0.264. The Morgan fingerprint density at radius 3 is 2.70 bits per heavy atom. The van der Waals surface area contributed by atoms with Crippen molar-refractivity contribution < 1.29 is 9.59 Å². The Balaban J connectivity index is 1.76. The quantitative estimate of drug-likeness (QED) is 0.719. The maximum Gasteiger partial charge on any atom is 0.222 e. The fourth-order valence-corrected chi connectivity index (χ4v) is 3.97. The lowest BCUT2D eigenvalue weighted by Gasteiger charge is -2.27.